The van der Waals surface area contributed by atoms with E-state index in [9.17, 15) is 4.79 Å². The first-order valence-corrected chi connectivity index (χ1v) is 6.95. The van der Waals surface area contributed by atoms with Crippen LogP contribution in [0, 0.1) is 6.92 Å². The van der Waals surface area contributed by atoms with Crippen molar-refractivity contribution >= 4 is 18.5 Å². The van der Waals surface area contributed by atoms with Gasteiger partial charge in [-0.1, -0.05) is 18.2 Å². The second kappa shape index (κ2) is 7.00. The summed E-state index contributed by atoms with van der Waals surface area (Å²) < 4.78 is 7.24. The number of hydrogen-bond acceptors (Lipinski definition) is 4. The molecule has 0 radical (unpaired) electrons. The molecule has 0 fully saturated rings. The molecule has 0 aliphatic heterocycles. The van der Waals surface area contributed by atoms with E-state index in [1.807, 2.05) is 31.2 Å². The molecule has 0 saturated carbocycles. The number of para-hydroxylation sites is 1. The van der Waals surface area contributed by atoms with Gasteiger partial charge in [0.25, 0.3) is 5.91 Å². The van der Waals surface area contributed by atoms with Gasteiger partial charge in [0, 0.05) is 18.5 Å². The SMILES string of the molecule is Cc1ccccc1OCn1ccc(C(=O)NCCS)n1. The van der Waals surface area contributed by atoms with Crippen molar-refractivity contribution in [3.05, 3.63) is 47.8 Å². The highest BCUT2D eigenvalue weighted by Crippen LogP contribution is 2.16. The number of ether oxygens (including phenoxy) is 1. The average molecular weight is 291 g/mol. The number of rotatable bonds is 6. The van der Waals surface area contributed by atoms with Crippen molar-refractivity contribution in [2.75, 3.05) is 12.3 Å². The van der Waals surface area contributed by atoms with Gasteiger partial charge in [0.15, 0.2) is 6.73 Å². The minimum atomic E-state index is -0.200. The fourth-order valence-electron chi connectivity index (χ4n) is 1.67. The van der Waals surface area contributed by atoms with Crippen LogP contribution in [-0.4, -0.2) is 28.0 Å². The van der Waals surface area contributed by atoms with Crippen LogP contribution in [0.25, 0.3) is 0 Å². The zero-order chi connectivity index (χ0) is 14.4. The van der Waals surface area contributed by atoms with Crippen molar-refractivity contribution in [2.24, 2.45) is 0 Å². The quantitative estimate of drug-likeness (QED) is 0.799. The van der Waals surface area contributed by atoms with E-state index in [1.54, 1.807) is 16.9 Å². The predicted molar refractivity (Wildman–Crippen MR) is 80.2 cm³/mol. The average Bonchev–Trinajstić information content (AvgIpc) is 2.93. The van der Waals surface area contributed by atoms with E-state index in [4.69, 9.17) is 4.74 Å². The van der Waals surface area contributed by atoms with Crippen molar-refractivity contribution in [3.63, 3.8) is 0 Å². The zero-order valence-electron chi connectivity index (χ0n) is 11.2. The van der Waals surface area contributed by atoms with E-state index in [1.165, 1.54) is 0 Å². The number of nitrogens with one attached hydrogen (secondary N) is 1. The minimum Gasteiger partial charge on any atom is -0.471 e. The third-order valence-corrected chi connectivity index (χ3v) is 2.94. The maximum absolute atomic E-state index is 11.7. The molecule has 2 rings (SSSR count). The Balaban J connectivity index is 1.93. The first-order valence-electron chi connectivity index (χ1n) is 6.31. The van der Waals surface area contributed by atoms with Crippen LogP contribution in [0.1, 0.15) is 16.1 Å². The van der Waals surface area contributed by atoms with Crippen LogP contribution in [0.2, 0.25) is 0 Å². The van der Waals surface area contributed by atoms with Gasteiger partial charge in [-0.3, -0.25) is 4.79 Å². The number of benzene rings is 1. The van der Waals surface area contributed by atoms with Crippen LogP contribution in [-0.2, 0) is 6.73 Å². The van der Waals surface area contributed by atoms with Gasteiger partial charge in [0.05, 0.1) is 0 Å². The number of nitrogens with zero attached hydrogens (tertiary/aromatic N) is 2. The molecule has 0 atom stereocenters. The molecule has 1 aromatic heterocycles. The first kappa shape index (κ1) is 14.5. The summed E-state index contributed by atoms with van der Waals surface area (Å²) in [5.74, 6) is 1.21. The maximum atomic E-state index is 11.7. The van der Waals surface area contributed by atoms with E-state index < -0.39 is 0 Å². The second-order valence-corrected chi connectivity index (χ2v) is 4.71. The van der Waals surface area contributed by atoms with Crippen LogP contribution in [0.4, 0.5) is 0 Å². The monoisotopic (exact) mass is 291 g/mol. The van der Waals surface area contributed by atoms with Gasteiger partial charge in [0.1, 0.15) is 11.4 Å². The summed E-state index contributed by atoms with van der Waals surface area (Å²) in [6.07, 6.45) is 1.72. The third-order valence-electron chi connectivity index (χ3n) is 2.72. The van der Waals surface area contributed by atoms with Gasteiger partial charge in [-0.05, 0) is 24.6 Å². The van der Waals surface area contributed by atoms with Gasteiger partial charge >= 0.3 is 0 Å². The number of aromatic nitrogens is 2. The Hall–Kier alpha value is -1.95. The number of carbonyl (C=O) groups excluding carboxylic acids is 1. The molecule has 6 heteroatoms. The molecule has 1 amide bonds. The first-order chi connectivity index (χ1) is 9.70. The molecule has 0 aliphatic rings. The highest BCUT2D eigenvalue weighted by atomic mass is 32.1. The molecule has 1 heterocycles. The summed E-state index contributed by atoms with van der Waals surface area (Å²) >= 11 is 4.04. The minimum absolute atomic E-state index is 0.200. The van der Waals surface area contributed by atoms with Crippen LogP contribution in [0.5, 0.6) is 5.75 Å². The molecule has 0 unspecified atom stereocenters. The smallest absolute Gasteiger partial charge is 0.271 e. The Bertz CT molecular complexity index is 583. The lowest BCUT2D eigenvalue weighted by Gasteiger charge is -2.08. The molecule has 0 bridgehead atoms. The molecule has 5 nitrogen and oxygen atoms in total. The van der Waals surface area contributed by atoms with Crippen molar-refractivity contribution in [2.45, 2.75) is 13.7 Å². The van der Waals surface area contributed by atoms with Gasteiger partial charge < -0.3 is 10.1 Å². The van der Waals surface area contributed by atoms with E-state index in [0.717, 1.165) is 11.3 Å². The molecule has 106 valence electrons. The largest absolute Gasteiger partial charge is 0.471 e. The highest BCUT2D eigenvalue weighted by molar-refractivity contribution is 7.80. The van der Waals surface area contributed by atoms with Crippen molar-refractivity contribution in [1.82, 2.24) is 15.1 Å². The summed E-state index contributed by atoms with van der Waals surface area (Å²) in [7, 11) is 0. The molecular weight excluding hydrogens is 274 g/mol. The van der Waals surface area contributed by atoms with E-state index in [2.05, 4.69) is 23.0 Å². The summed E-state index contributed by atoms with van der Waals surface area (Å²) in [5.41, 5.74) is 1.44. The summed E-state index contributed by atoms with van der Waals surface area (Å²) in [6.45, 7) is 2.77. The molecule has 0 aliphatic carbocycles. The lowest BCUT2D eigenvalue weighted by Crippen LogP contribution is -2.26. The van der Waals surface area contributed by atoms with Crippen LogP contribution >= 0.6 is 12.6 Å². The maximum Gasteiger partial charge on any atom is 0.271 e. The molecule has 0 spiro atoms. The summed E-state index contributed by atoms with van der Waals surface area (Å²) in [6, 6.07) is 9.42. The van der Waals surface area contributed by atoms with Gasteiger partial charge in [-0.15, -0.1) is 0 Å². The number of aryl methyl sites for hydroxylation is 1. The Kier molecular flexibility index (Phi) is 5.06. The molecular formula is C14H17N3O2S. The fourth-order valence-corrected chi connectivity index (χ4v) is 1.78. The second-order valence-electron chi connectivity index (χ2n) is 4.26. The normalized spacial score (nSPS) is 10.3. The topological polar surface area (TPSA) is 56.1 Å². The standard InChI is InChI=1S/C14H17N3O2S/c1-11-4-2-3-5-13(11)19-10-17-8-6-12(16-17)14(18)15-7-9-20/h2-6,8,20H,7,9-10H2,1H3,(H,15,18). The number of thiol groups is 1. The van der Waals surface area contributed by atoms with Crippen LogP contribution in [0.15, 0.2) is 36.5 Å². The Morgan fingerprint density at radius 1 is 1.40 bits per heavy atom. The van der Waals surface area contributed by atoms with Crippen LogP contribution < -0.4 is 10.1 Å². The van der Waals surface area contributed by atoms with E-state index >= 15 is 0 Å². The van der Waals surface area contributed by atoms with Gasteiger partial charge in [-0.25, -0.2) is 4.68 Å². The van der Waals surface area contributed by atoms with Gasteiger partial charge in [-0.2, -0.15) is 17.7 Å². The molecule has 2 aromatic rings. The Morgan fingerprint density at radius 3 is 2.95 bits per heavy atom. The Labute approximate surface area is 123 Å². The Morgan fingerprint density at radius 2 is 2.20 bits per heavy atom. The van der Waals surface area contributed by atoms with E-state index in [0.29, 0.717) is 18.0 Å². The number of hydrogen-bond donors (Lipinski definition) is 2. The molecule has 0 saturated heterocycles. The zero-order valence-corrected chi connectivity index (χ0v) is 12.1. The van der Waals surface area contributed by atoms with Crippen molar-refractivity contribution in [1.29, 1.82) is 0 Å². The number of amides is 1. The highest BCUT2D eigenvalue weighted by Gasteiger charge is 2.08. The number of carbonyl (C=O) groups is 1. The van der Waals surface area contributed by atoms with Crippen LogP contribution in [0.3, 0.4) is 0 Å². The third kappa shape index (κ3) is 3.77. The molecule has 20 heavy (non-hydrogen) atoms. The lowest BCUT2D eigenvalue weighted by molar-refractivity contribution is 0.0949. The molecule has 1 aromatic carbocycles. The summed E-state index contributed by atoms with van der Waals surface area (Å²) in [5, 5.41) is 6.88. The fraction of sp³-hybridized carbons (Fsp3) is 0.286. The van der Waals surface area contributed by atoms with Gasteiger partial charge in [0.2, 0.25) is 0 Å². The summed E-state index contributed by atoms with van der Waals surface area (Å²) in [4.78, 5) is 11.7. The molecule has 1 N–H and O–H groups in total. The predicted octanol–water partition coefficient (Wildman–Crippen LogP) is 1.89. The van der Waals surface area contributed by atoms with E-state index in [-0.39, 0.29) is 12.6 Å². The van der Waals surface area contributed by atoms with Crippen molar-refractivity contribution < 1.29 is 9.53 Å². The van der Waals surface area contributed by atoms with Crippen molar-refractivity contribution in [3.8, 4) is 5.75 Å². The lowest BCUT2D eigenvalue weighted by atomic mass is 10.2.